The number of likely N-dealkylation sites (tertiary alicyclic amines) is 1. The van der Waals surface area contributed by atoms with Gasteiger partial charge in [0.05, 0.1) is 11.0 Å². The average Bonchev–Trinajstić information content (AvgIpc) is 2.93. The van der Waals surface area contributed by atoms with Crippen LogP contribution in [0.3, 0.4) is 0 Å². The van der Waals surface area contributed by atoms with Crippen LogP contribution in [0, 0.1) is 10.1 Å². The summed E-state index contributed by atoms with van der Waals surface area (Å²) < 4.78 is 0. The van der Waals surface area contributed by atoms with Crippen LogP contribution in [-0.4, -0.2) is 41.9 Å². The van der Waals surface area contributed by atoms with E-state index in [1.54, 1.807) is 19.2 Å². The third kappa shape index (κ3) is 3.33. The van der Waals surface area contributed by atoms with Gasteiger partial charge in [-0.3, -0.25) is 19.8 Å². The Balaban J connectivity index is 1.91. The number of carbonyl (C=O) groups is 1. The summed E-state index contributed by atoms with van der Waals surface area (Å²) >= 11 is 0. The zero-order chi connectivity index (χ0) is 14.5. The second kappa shape index (κ2) is 6.47. The molecule has 0 bridgehead atoms. The van der Waals surface area contributed by atoms with Crippen molar-refractivity contribution in [2.45, 2.75) is 25.3 Å². The minimum atomic E-state index is -0.397. The number of nitrogens with zero attached hydrogens (tertiary/aromatic N) is 2. The highest BCUT2D eigenvalue weighted by atomic mass is 16.6. The highest BCUT2D eigenvalue weighted by molar-refractivity contribution is 5.81. The fourth-order valence-corrected chi connectivity index (χ4v) is 2.61. The summed E-state index contributed by atoms with van der Waals surface area (Å²) in [5.74, 6) is 0.0752. The Bertz CT molecular complexity index is 487. The third-order valence-electron chi connectivity index (χ3n) is 3.75. The van der Waals surface area contributed by atoms with Crippen molar-refractivity contribution in [1.29, 1.82) is 0 Å². The summed E-state index contributed by atoms with van der Waals surface area (Å²) in [5.41, 5.74) is 1.16. The monoisotopic (exact) mass is 277 g/mol. The van der Waals surface area contributed by atoms with E-state index in [2.05, 4.69) is 10.2 Å². The number of non-ortho nitro benzene ring substituents is 1. The molecule has 0 spiro atoms. The van der Waals surface area contributed by atoms with E-state index in [0.29, 0.717) is 0 Å². The average molecular weight is 277 g/mol. The van der Waals surface area contributed by atoms with Gasteiger partial charge < -0.3 is 5.32 Å². The Morgan fingerprint density at radius 1 is 1.45 bits per heavy atom. The Kier molecular flexibility index (Phi) is 4.68. The molecule has 0 radical (unpaired) electrons. The summed E-state index contributed by atoms with van der Waals surface area (Å²) in [6.45, 7) is 1.74. The highest BCUT2D eigenvalue weighted by Gasteiger charge is 2.29. The van der Waals surface area contributed by atoms with Gasteiger partial charge in [-0.1, -0.05) is 12.1 Å². The van der Waals surface area contributed by atoms with Gasteiger partial charge in [0.2, 0.25) is 5.91 Å². The van der Waals surface area contributed by atoms with E-state index in [9.17, 15) is 14.9 Å². The highest BCUT2D eigenvalue weighted by Crippen LogP contribution is 2.18. The molecule has 0 aromatic heterocycles. The number of likely N-dealkylation sites (N-methyl/N-ethyl adjacent to an activating group) is 1. The fraction of sp³-hybridized carbons (Fsp3) is 0.500. The molecular weight excluding hydrogens is 258 g/mol. The number of hydrogen-bond acceptors (Lipinski definition) is 4. The van der Waals surface area contributed by atoms with Crippen LogP contribution in [0.4, 0.5) is 5.69 Å². The lowest BCUT2D eigenvalue weighted by Crippen LogP contribution is -2.42. The maximum atomic E-state index is 11.7. The van der Waals surface area contributed by atoms with Gasteiger partial charge in [0.15, 0.2) is 0 Å². The van der Waals surface area contributed by atoms with E-state index in [1.807, 2.05) is 0 Å². The molecule has 0 aliphatic carbocycles. The van der Waals surface area contributed by atoms with Crippen molar-refractivity contribution in [3.8, 4) is 0 Å². The number of rotatable bonds is 5. The molecule has 1 aromatic carbocycles. The predicted molar refractivity (Wildman–Crippen MR) is 75.5 cm³/mol. The zero-order valence-corrected chi connectivity index (χ0v) is 11.5. The molecule has 0 saturated carbocycles. The maximum Gasteiger partial charge on any atom is 0.269 e. The van der Waals surface area contributed by atoms with Gasteiger partial charge in [-0.25, -0.2) is 0 Å². The van der Waals surface area contributed by atoms with Crippen molar-refractivity contribution >= 4 is 11.6 Å². The first-order valence-electron chi connectivity index (χ1n) is 6.81. The van der Waals surface area contributed by atoms with Crippen molar-refractivity contribution in [2.24, 2.45) is 0 Å². The summed E-state index contributed by atoms with van der Waals surface area (Å²) in [4.78, 5) is 24.1. The molecule has 6 heteroatoms. The lowest BCUT2D eigenvalue weighted by atomic mass is 10.1. The van der Waals surface area contributed by atoms with Crippen LogP contribution in [0.15, 0.2) is 24.3 Å². The molecule has 6 nitrogen and oxygen atoms in total. The molecule has 1 atom stereocenters. The molecule has 20 heavy (non-hydrogen) atoms. The number of nitro groups is 1. The topological polar surface area (TPSA) is 75.5 Å². The summed E-state index contributed by atoms with van der Waals surface area (Å²) in [7, 11) is 1.66. The SMILES string of the molecule is CNC(=O)[C@H]1CCCN1CCc1ccc([N+](=O)[O-])cc1. The van der Waals surface area contributed by atoms with E-state index < -0.39 is 4.92 Å². The van der Waals surface area contributed by atoms with E-state index in [1.165, 1.54) is 12.1 Å². The largest absolute Gasteiger partial charge is 0.358 e. The number of nitrogens with one attached hydrogen (secondary N) is 1. The Hall–Kier alpha value is -1.95. The van der Waals surface area contributed by atoms with Crippen molar-refractivity contribution in [1.82, 2.24) is 10.2 Å². The normalized spacial score (nSPS) is 18.9. The van der Waals surface area contributed by atoms with Crippen LogP contribution < -0.4 is 5.32 Å². The first-order valence-corrected chi connectivity index (χ1v) is 6.81. The molecule has 0 unspecified atom stereocenters. The summed E-state index contributed by atoms with van der Waals surface area (Å²) in [6.07, 6.45) is 2.74. The minimum Gasteiger partial charge on any atom is -0.358 e. The number of amides is 1. The van der Waals surface area contributed by atoms with Gasteiger partial charge >= 0.3 is 0 Å². The molecule has 1 aliphatic heterocycles. The van der Waals surface area contributed by atoms with Crippen LogP contribution in [0.1, 0.15) is 18.4 Å². The van der Waals surface area contributed by atoms with Crippen molar-refractivity contribution in [3.05, 3.63) is 39.9 Å². The molecule has 1 saturated heterocycles. The predicted octanol–water partition coefficient (Wildman–Crippen LogP) is 1.35. The molecule has 108 valence electrons. The number of benzene rings is 1. The minimum absolute atomic E-state index is 0.0296. The smallest absolute Gasteiger partial charge is 0.269 e. The van der Waals surface area contributed by atoms with Crippen LogP contribution in [-0.2, 0) is 11.2 Å². The first kappa shape index (κ1) is 14.5. The van der Waals surface area contributed by atoms with Crippen molar-refractivity contribution < 1.29 is 9.72 Å². The van der Waals surface area contributed by atoms with Crippen LogP contribution in [0.25, 0.3) is 0 Å². The Morgan fingerprint density at radius 3 is 2.75 bits per heavy atom. The van der Waals surface area contributed by atoms with Gasteiger partial charge in [-0.15, -0.1) is 0 Å². The fourth-order valence-electron chi connectivity index (χ4n) is 2.61. The van der Waals surface area contributed by atoms with Crippen LogP contribution >= 0.6 is 0 Å². The van der Waals surface area contributed by atoms with Crippen molar-refractivity contribution in [3.63, 3.8) is 0 Å². The molecule has 1 aromatic rings. The third-order valence-corrected chi connectivity index (χ3v) is 3.75. The molecular formula is C14H19N3O3. The lowest BCUT2D eigenvalue weighted by Gasteiger charge is -2.22. The maximum absolute atomic E-state index is 11.7. The molecule has 1 aliphatic rings. The number of carbonyl (C=O) groups excluding carboxylic acids is 1. The lowest BCUT2D eigenvalue weighted by molar-refractivity contribution is -0.384. The Labute approximate surface area is 117 Å². The second-order valence-electron chi connectivity index (χ2n) is 4.98. The van der Waals surface area contributed by atoms with Gasteiger partial charge in [0.1, 0.15) is 0 Å². The standard InChI is InChI=1S/C14H19N3O3/c1-15-14(18)13-3-2-9-16(13)10-8-11-4-6-12(7-5-11)17(19)20/h4-7,13H,2-3,8-10H2,1H3,(H,15,18)/t13-/m1/s1. The number of hydrogen-bond donors (Lipinski definition) is 1. The van der Waals surface area contributed by atoms with E-state index in [0.717, 1.165) is 37.9 Å². The molecule has 2 rings (SSSR count). The summed E-state index contributed by atoms with van der Waals surface area (Å²) in [5, 5.41) is 13.3. The second-order valence-corrected chi connectivity index (χ2v) is 4.98. The first-order chi connectivity index (χ1) is 9.61. The Morgan fingerprint density at radius 2 is 2.15 bits per heavy atom. The van der Waals surface area contributed by atoms with E-state index in [-0.39, 0.29) is 17.6 Å². The zero-order valence-electron chi connectivity index (χ0n) is 11.5. The number of nitro benzene ring substituents is 1. The van der Waals surface area contributed by atoms with Crippen LogP contribution in [0.5, 0.6) is 0 Å². The van der Waals surface area contributed by atoms with Gasteiger partial charge in [-0.2, -0.15) is 0 Å². The molecule has 1 N–H and O–H groups in total. The summed E-state index contributed by atoms with van der Waals surface area (Å²) in [6, 6.07) is 6.58. The molecule has 1 heterocycles. The molecule has 1 fully saturated rings. The van der Waals surface area contributed by atoms with Gasteiger partial charge in [0.25, 0.3) is 5.69 Å². The quantitative estimate of drug-likeness (QED) is 0.651. The van der Waals surface area contributed by atoms with E-state index in [4.69, 9.17) is 0 Å². The van der Waals surface area contributed by atoms with Crippen LogP contribution in [0.2, 0.25) is 0 Å². The van der Waals surface area contributed by atoms with Gasteiger partial charge in [-0.05, 0) is 31.4 Å². The van der Waals surface area contributed by atoms with E-state index >= 15 is 0 Å². The van der Waals surface area contributed by atoms with Gasteiger partial charge in [0, 0.05) is 25.7 Å². The van der Waals surface area contributed by atoms with Crippen molar-refractivity contribution in [2.75, 3.05) is 20.1 Å². The molecule has 1 amide bonds.